The van der Waals surface area contributed by atoms with Gasteiger partial charge in [0.1, 0.15) is 5.75 Å². The topological polar surface area (TPSA) is 51.2 Å². The predicted molar refractivity (Wildman–Crippen MR) is 89.7 cm³/mol. The van der Waals surface area contributed by atoms with Gasteiger partial charge in [-0.2, -0.15) is 0 Å². The van der Waals surface area contributed by atoms with Gasteiger partial charge >= 0.3 is 0 Å². The summed E-state index contributed by atoms with van der Waals surface area (Å²) in [4.78, 5) is 15.9. The van der Waals surface area contributed by atoms with E-state index in [1.54, 1.807) is 31.6 Å². The molecule has 1 aromatic carbocycles. The van der Waals surface area contributed by atoms with Crippen LogP contribution < -0.4 is 10.1 Å². The number of nitrogens with zero attached hydrogens (tertiary/aromatic N) is 1. The highest BCUT2D eigenvalue weighted by atomic mass is 35.5. The van der Waals surface area contributed by atoms with Gasteiger partial charge in [0, 0.05) is 24.5 Å². The molecule has 4 nitrogen and oxygen atoms in total. The lowest BCUT2D eigenvalue weighted by Crippen LogP contribution is -2.23. The first-order valence-corrected chi connectivity index (χ1v) is 6.97. The van der Waals surface area contributed by atoms with E-state index in [9.17, 15) is 4.79 Å². The van der Waals surface area contributed by atoms with Crippen molar-refractivity contribution in [3.8, 4) is 5.75 Å². The van der Waals surface area contributed by atoms with Gasteiger partial charge < -0.3 is 10.1 Å². The molecule has 0 spiro atoms. The Morgan fingerprint density at radius 3 is 2.68 bits per heavy atom. The second kappa shape index (κ2) is 8.39. The van der Waals surface area contributed by atoms with Crippen LogP contribution in [0, 0.1) is 0 Å². The van der Waals surface area contributed by atoms with E-state index in [1.807, 2.05) is 12.1 Å². The third-order valence-electron chi connectivity index (χ3n) is 3.34. The first-order chi connectivity index (χ1) is 10.1. The minimum Gasteiger partial charge on any atom is -0.496 e. The molecular weight excluding hydrogens is 300 g/mol. The van der Waals surface area contributed by atoms with E-state index in [4.69, 9.17) is 4.74 Å². The Kier molecular flexibility index (Phi) is 6.86. The summed E-state index contributed by atoms with van der Waals surface area (Å²) in [6.45, 7) is 4.70. The van der Waals surface area contributed by atoms with Crippen molar-refractivity contribution in [2.24, 2.45) is 0 Å². The molecule has 0 aliphatic heterocycles. The van der Waals surface area contributed by atoms with Gasteiger partial charge in [-0.3, -0.25) is 9.78 Å². The number of benzene rings is 1. The van der Waals surface area contributed by atoms with E-state index in [0.29, 0.717) is 18.0 Å². The molecule has 1 N–H and O–H groups in total. The molecule has 0 saturated carbocycles. The summed E-state index contributed by atoms with van der Waals surface area (Å²) in [5, 5.41) is 2.88. The van der Waals surface area contributed by atoms with Crippen LogP contribution in [0.25, 0.3) is 0 Å². The maximum Gasteiger partial charge on any atom is 0.253 e. The molecule has 0 aliphatic carbocycles. The third kappa shape index (κ3) is 4.46. The van der Waals surface area contributed by atoms with Crippen molar-refractivity contribution in [2.75, 3.05) is 7.11 Å². The van der Waals surface area contributed by atoms with E-state index in [1.165, 1.54) is 5.56 Å². The van der Waals surface area contributed by atoms with E-state index in [2.05, 4.69) is 30.2 Å². The summed E-state index contributed by atoms with van der Waals surface area (Å²) >= 11 is 0. The van der Waals surface area contributed by atoms with Crippen molar-refractivity contribution in [1.29, 1.82) is 0 Å². The molecular formula is C17H21ClN2O2. The van der Waals surface area contributed by atoms with Crippen molar-refractivity contribution >= 4 is 18.3 Å². The Bertz CT molecular complexity index is 615. The average Bonchev–Trinajstić information content (AvgIpc) is 2.53. The minimum absolute atomic E-state index is 0. The molecule has 0 atom stereocenters. The maximum atomic E-state index is 12.0. The standard InChI is InChI=1S/C17H20N2O2.ClH/c1-12(2)13-6-7-14(16(9-13)21-3)11-19-17(20)15-5-4-8-18-10-15;/h4-10,12H,11H2,1-3H3,(H,19,20);1H. The van der Waals surface area contributed by atoms with Crippen LogP contribution in [-0.4, -0.2) is 18.0 Å². The quantitative estimate of drug-likeness (QED) is 0.916. The first kappa shape index (κ1) is 18.0. The highest BCUT2D eigenvalue weighted by Crippen LogP contribution is 2.24. The summed E-state index contributed by atoms with van der Waals surface area (Å²) < 4.78 is 5.41. The second-order valence-electron chi connectivity index (χ2n) is 5.15. The number of ether oxygens (including phenoxy) is 1. The number of aromatic nitrogens is 1. The zero-order valence-electron chi connectivity index (χ0n) is 13.0. The summed E-state index contributed by atoms with van der Waals surface area (Å²) in [5.74, 6) is 1.10. The monoisotopic (exact) mass is 320 g/mol. The van der Waals surface area contributed by atoms with Gasteiger partial charge in [-0.25, -0.2) is 0 Å². The average molecular weight is 321 g/mol. The highest BCUT2D eigenvalue weighted by molar-refractivity contribution is 5.93. The number of methoxy groups -OCH3 is 1. The Hall–Kier alpha value is -2.07. The first-order valence-electron chi connectivity index (χ1n) is 6.97. The van der Waals surface area contributed by atoms with Crippen LogP contribution >= 0.6 is 12.4 Å². The number of pyridine rings is 1. The van der Waals surface area contributed by atoms with Gasteiger partial charge in [-0.15, -0.1) is 12.4 Å². The van der Waals surface area contributed by atoms with Crippen molar-refractivity contribution in [2.45, 2.75) is 26.3 Å². The molecule has 0 aliphatic rings. The lowest BCUT2D eigenvalue weighted by atomic mass is 10.0. The summed E-state index contributed by atoms with van der Waals surface area (Å²) in [6, 6.07) is 9.57. The molecule has 5 heteroatoms. The zero-order chi connectivity index (χ0) is 15.2. The van der Waals surface area contributed by atoms with E-state index in [-0.39, 0.29) is 18.3 Å². The zero-order valence-corrected chi connectivity index (χ0v) is 13.8. The minimum atomic E-state index is -0.141. The fraction of sp³-hybridized carbons (Fsp3) is 0.294. The smallest absolute Gasteiger partial charge is 0.253 e. The van der Waals surface area contributed by atoms with Crippen LogP contribution in [-0.2, 0) is 6.54 Å². The Balaban J connectivity index is 0.00000242. The third-order valence-corrected chi connectivity index (χ3v) is 3.34. The Morgan fingerprint density at radius 1 is 1.32 bits per heavy atom. The van der Waals surface area contributed by atoms with E-state index >= 15 is 0 Å². The fourth-order valence-electron chi connectivity index (χ4n) is 2.04. The molecule has 0 bridgehead atoms. The van der Waals surface area contributed by atoms with E-state index < -0.39 is 0 Å². The fourth-order valence-corrected chi connectivity index (χ4v) is 2.04. The molecule has 1 heterocycles. The van der Waals surface area contributed by atoms with Crippen molar-refractivity contribution < 1.29 is 9.53 Å². The van der Waals surface area contributed by atoms with Gasteiger partial charge in [0.2, 0.25) is 0 Å². The number of carbonyl (C=O) groups is 1. The normalized spacial score (nSPS) is 10.0. The van der Waals surface area contributed by atoms with Crippen LogP contribution in [0.15, 0.2) is 42.7 Å². The summed E-state index contributed by atoms with van der Waals surface area (Å²) in [7, 11) is 1.64. The lowest BCUT2D eigenvalue weighted by Gasteiger charge is -2.13. The number of rotatable bonds is 5. The van der Waals surface area contributed by atoms with Gasteiger partial charge in [-0.1, -0.05) is 26.0 Å². The predicted octanol–water partition coefficient (Wildman–Crippen LogP) is 3.57. The number of hydrogen-bond acceptors (Lipinski definition) is 3. The molecule has 22 heavy (non-hydrogen) atoms. The number of amides is 1. The van der Waals surface area contributed by atoms with Crippen LogP contribution in [0.5, 0.6) is 5.75 Å². The molecule has 118 valence electrons. The van der Waals surface area contributed by atoms with Gasteiger partial charge in [-0.05, 0) is 29.7 Å². The molecule has 1 aromatic heterocycles. The molecule has 0 saturated heterocycles. The van der Waals surface area contributed by atoms with Crippen LogP contribution in [0.4, 0.5) is 0 Å². The number of hydrogen-bond donors (Lipinski definition) is 1. The number of carbonyl (C=O) groups excluding carboxylic acids is 1. The van der Waals surface area contributed by atoms with Crippen LogP contribution in [0.3, 0.4) is 0 Å². The molecule has 0 fully saturated rings. The van der Waals surface area contributed by atoms with Gasteiger partial charge in [0.05, 0.1) is 12.7 Å². The van der Waals surface area contributed by atoms with Gasteiger partial charge in [0.25, 0.3) is 5.91 Å². The van der Waals surface area contributed by atoms with Gasteiger partial charge in [0.15, 0.2) is 0 Å². The van der Waals surface area contributed by atoms with Crippen molar-refractivity contribution in [3.05, 3.63) is 59.4 Å². The molecule has 0 radical (unpaired) electrons. The van der Waals surface area contributed by atoms with Crippen molar-refractivity contribution in [1.82, 2.24) is 10.3 Å². The largest absolute Gasteiger partial charge is 0.496 e. The number of halogens is 1. The summed E-state index contributed by atoms with van der Waals surface area (Å²) in [6.07, 6.45) is 3.19. The Morgan fingerprint density at radius 2 is 2.09 bits per heavy atom. The second-order valence-corrected chi connectivity index (χ2v) is 5.15. The van der Waals surface area contributed by atoms with Crippen LogP contribution in [0.2, 0.25) is 0 Å². The molecule has 2 aromatic rings. The maximum absolute atomic E-state index is 12.0. The lowest BCUT2D eigenvalue weighted by molar-refractivity contribution is 0.0950. The van der Waals surface area contributed by atoms with E-state index in [0.717, 1.165) is 11.3 Å². The highest BCUT2D eigenvalue weighted by Gasteiger charge is 2.09. The molecule has 2 rings (SSSR count). The summed E-state index contributed by atoms with van der Waals surface area (Å²) in [5.41, 5.74) is 2.73. The Labute approximate surface area is 137 Å². The molecule has 0 unspecified atom stereocenters. The molecule has 1 amide bonds. The van der Waals surface area contributed by atoms with Crippen LogP contribution in [0.1, 0.15) is 41.3 Å². The SMILES string of the molecule is COc1cc(C(C)C)ccc1CNC(=O)c1cccnc1.Cl. The number of nitrogens with one attached hydrogen (secondary N) is 1. The van der Waals surface area contributed by atoms with Crippen molar-refractivity contribution in [3.63, 3.8) is 0 Å².